The maximum Gasteiger partial charge on any atom is 0.241 e. The lowest BCUT2D eigenvalue weighted by atomic mass is 9.50. The molecule has 4 aliphatic carbocycles. The van der Waals surface area contributed by atoms with Crippen LogP contribution in [0.2, 0.25) is 0 Å². The van der Waals surface area contributed by atoms with Crippen LogP contribution in [-0.2, 0) is 24.7 Å². The molecule has 2 unspecified atom stereocenters. The molecule has 6 rings (SSSR count). The van der Waals surface area contributed by atoms with Crippen molar-refractivity contribution in [3.63, 3.8) is 0 Å². The van der Waals surface area contributed by atoms with Crippen LogP contribution in [0.25, 0.3) is 0 Å². The molecule has 1 aromatic carbocycles. The van der Waals surface area contributed by atoms with Crippen molar-refractivity contribution in [2.45, 2.75) is 78.3 Å². The van der Waals surface area contributed by atoms with Gasteiger partial charge in [-0.25, -0.2) is 21.6 Å². The third-order valence-electron chi connectivity index (χ3n) is 8.31. The minimum absolute atomic E-state index is 0.0504. The van der Waals surface area contributed by atoms with Gasteiger partial charge in [0, 0.05) is 23.9 Å². The van der Waals surface area contributed by atoms with E-state index >= 15 is 0 Å². The van der Waals surface area contributed by atoms with Crippen LogP contribution >= 0.6 is 0 Å². The average molecular weight is 521 g/mol. The van der Waals surface area contributed by atoms with E-state index in [-0.39, 0.29) is 33.8 Å². The van der Waals surface area contributed by atoms with Crippen LogP contribution in [-0.4, -0.2) is 64.1 Å². The minimum atomic E-state index is -3.85. The fourth-order valence-electron chi connectivity index (χ4n) is 7.36. The number of sulfone groups is 1. The smallest absolute Gasteiger partial charge is 0.241 e. The first kappa shape index (κ1) is 24.7. The molecular formula is C24H32N4O5S2. The molecule has 9 nitrogen and oxygen atoms in total. The van der Waals surface area contributed by atoms with Crippen molar-refractivity contribution >= 4 is 25.8 Å². The summed E-state index contributed by atoms with van der Waals surface area (Å²) >= 11 is 0. The summed E-state index contributed by atoms with van der Waals surface area (Å²) in [6, 6.07) is 7.19. The van der Waals surface area contributed by atoms with Gasteiger partial charge < -0.3 is 10.2 Å². The van der Waals surface area contributed by atoms with Crippen molar-refractivity contribution in [3.05, 3.63) is 24.3 Å². The molecule has 4 bridgehead atoms. The summed E-state index contributed by atoms with van der Waals surface area (Å²) in [4.78, 5) is 14.6. The molecule has 5 fully saturated rings. The number of hydrogen-bond acceptors (Lipinski definition) is 7. The Balaban J connectivity index is 1.32. The van der Waals surface area contributed by atoms with Gasteiger partial charge in [0.15, 0.2) is 9.84 Å². The van der Waals surface area contributed by atoms with Gasteiger partial charge >= 0.3 is 0 Å². The molecule has 0 radical (unpaired) electrons. The summed E-state index contributed by atoms with van der Waals surface area (Å²) in [5, 5.41) is 12.8. The molecule has 5 aliphatic rings. The third kappa shape index (κ3) is 4.73. The fourth-order valence-corrected chi connectivity index (χ4v) is 9.41. The number of carbonyl (C=O) groups excluding carboxylic acids is 1. The molecule has 1 aromatic rings. The van der Waals surface area contributed by atoms with Crippen molar-refractivity contribution in [2.75, 3.05) is 19.3 Å². The summed E-state index contributed by atoms with van der Waals surface area (Å²) in [6.07, 6.45) is 7.72. The standard InChI is InChI=1S/C24H32N4O5S2/c1-34(30,31)20-4-6-21(7-5-20)35(32,33)27-24-12-17-9-18(13-24)11-23(10-17,16-24)26-15-22(29)28-8-2-3-19(28)14-25/h4-7,17-19,26-27H,2-3,8-13,15-16H2,1H3/t17?,18?,19-,23?,24?/m0/s1. The van der Waals surface area contributed by atoms with Crippen molar-refractivity contribution in [2.24, 2.45) is 11.8 Å². The summed E-state index contributed by atoms with van der Waals surface area (Å²) in [6.45, 7) is 0.770. The topological polar surface area (TPSA) is 136 Å². The maximum absolute atomic E-state index is 13.3. The number of likely N-dealkylation sites (tertiary alicyclic amines) is 1. The summed E-state index contributed by atoms with van der Waals surface area (Å²) in [7, 11) is -7.26. The number of hydrogen-bond donors (Lipinski definition) is 2. The van der Waals surface area contributed by atoms with E-state index in [0.29, 0.717) is 31.2 Å². The SMILES string of the molecule is CS(=O)(=O)c1ccc(S(=O)(=O)NC23CC4CC(CC(NCC(=O)N5CCC[C@H]5C#N)(C4)C2)C3)cc1. The second-order valence-electron chi connectivity index (χ2n) is 11.1. The van der Waals surface area contributed by atoms with Gasteiger partial charge in [-0.1, -0.05) is 0 Å². The number of nitriles is 1. The van der Waals surface area contributed by atoms with Gasteiger partial charge in [0.2, 0.25) is 15.9 Å². The van der Waals surface area contributed by atoms with Crippen molar-refractivity contribution in [1.82, 2.24) is 14.9 Å². The predicted molar refractivity (Wildman–Crippen MR) is 128 cm³/mol. The normalized spacial score (nSPS) is 34.2. The molecule has 35 heavy (non-hydrogen) atoms. The van der Waals surface area contributed by atoms with E-state index in [2.05, 4.69) is 16.1 Å². The largest absolute Gasteiger partial charge is 0.326 e. The van der Waals surface area contributed by atoms with Gasteiger partial charge in [-0.2, -0.15) is 5.26 Å². The van der Waals surface area contributed by atoms with Crippen molar-refractivity contribution in [1.29, 1.82) is 5.26 Å². The van der Waals surface area contributed by atoms with Crippen LogP contribution in [0.15, 0.2) is 34.1 Å². The number of benzene rings is 1. The summed E-state index contributed by atoms with van der Waals surface area (Å²) < 4.78 is 53.1. The fraction of sp³-hybridized carbons (Fsp3) is 0.667. The molecule has 190 valence electrons. The highest BCUT2D eigenvalue weighted by molar-refractivity contribution is 7.90. The molecular weight excluding hydrogens is 488 g/mol. The minimum Gasteiger partial charge on any atom is -0.326 e. The molecule has 1 saturated heterocycles. The molecule has 1 heterocycles. The highest BCUT2D eigenvalue weighted by Crippen LogP contribution is 2.57. The van der Waals surface area contributed by atoms with E-state index in [1.165, 1.54) is 24.3 Å². The number of nitrogens with zero attached hydrogens (tertiary/aromatic N) is 2. The summed E-state index contributed by atoms with van der Waals surface area (Å²) in [5.41, 5.74) is -0.887. The first-order chi connectivity index (χ1) is 16.4. The van der Waals surface area contributed by atoms with Gasteiger partial charge in [0.25, 0.3) is 0 Å². The molecule has 3 atom stereocenters. The van der Waals surface area contributed by atoms with Crippen LogP contribution < -0.4 is 10.0 Å². The molecule has 1 amide bonds. The number of nitrogens with one attached hydrogen (secondary N) is 2. The van der Waals surface area contributed by atoms with Gasteiger partial charge in [-0.3, -0.25) is 4.79 Å². The molecule has 0 aromatic heterocycles. The highest BCUT2D eigenvalue weighted by Gasteiger charge is 2.58. The van der Waals surface area contributed by atoms with Gasteiger partial charge in [0.05, 0.1) is 22.4 Å². The number of carbonyl (C=O) groups is 1. The van der Waals surface area contributed by atoms with E-state index in [1.54, 1.807) is 4.90 Å². The molecule has 0 spiro atoms. The second-order valence-corrected chi connectivity index (χ2v) is 14.8. The highest BCUT2D eigenvalue weighted by atomic mass is 32.2. The van der Waals surface area contributed by atoms with E-state index in [4.69, 9.17) is 0 Å². The Morgan fingerprint density at radius 3 is 2.26 bits per heavy atom. The number of amides is 1. The number of rotatable bonds is 7. The Morgan fingerprint density at radius 1 is 1.06 bits per heavy atom. The molecule has 1 aliphatic heterocycles. The zero-order chi connectivity index (χ0) is 25.1. The second kappa shape index (κ2) is 8.54. The maximum atomic E-state index is 13.3. The first-order valence-electron chi connectivity index (χ1n) is 12.2. The zero-order valence-electron chi connectivity index (χ0n) is 19.9. The van der Waals surface area contributed by atoms with E-state index in [0.717, 1.165) is 44.8 Å². The van der Waals surface area contributed by atoms with Gasteiger partial charge in [0.1, 0.15) is 6.04 Å². The lowest BCUT2D eigenvalue weighted by molar-refractivity contribution is -0.131. The molecule has 4 saturated carbocycles. The lowest BCUT2D eigenvalue weighted by Gasteiger charge is -2.62. The quantitative estimate of drug-likeness (QED) is 0.557. The van der Waals surface area contributed by atoms with Gasteiger partial charge in [-0.15, -0.1) is 0 Å². The monoisotopic (exact) mass is 520 g/mol. The summed E-state index contributed by atoms with van der Waals surface area (Å²) in [5.74, 6) is 0.700. The Labute approximate surface area is 207 Å². The number of sulfonamides is 1. The average Bonchev–Trinajstić information content (AvgIpc) is 3.24. The Kier molecular flexibility index (Phi) is 6.02. The zero-order valence-corrected chi connectivity index (χ0v) is 21.5. The third-order valence-corrected chi connectivity index (χ3v) is 11.0. The lowest BCUT2D eigenvalue weighted by Crippen LogP contribution is -2.69. The Morgan fingerprint density at radius 2 is 1.66 bits per heavy atom. The van der Waals surface area contributed by atoms with Gasteiger partial charge in [-0.05, 0) is 87.5 Å². The van der Waals surface area contributed by atoms with E-state index < -0.39 is 25.4 Å². The van der Waals surface area contributed by atoms with Crippen LogP contribution in [0.4, 0.5) is 0 Å². The van der Waals surface area contributed by atoms with E-state index in [9.17, 15) is 26.9 Å². The van der Waals surface area contributed by atoms with Crippen LogP contribution in [0.5, 0.6) is 0 Å². The Bertz CT molecular complexity index is 1260. The van der Waals surface area contributed by atoms with Crippen LogP contribution in [0.1, 0.15) is 51.4 Å². The van der Waals surface area contributed by atoms with Crippen molar-refractivity contribution in [3.8, 4) is 6.07 Å². The van der Waals surface area contributed by atoms with E-state index in [1.807, 2.05) is 0 Å². The predicted octanol–water partition coefficient (Wildman–Crippen LogP) is 1.56. The molecule has 11 heteroatoms. The van der Waals surface area contributed by atoms with Crippen LogP contribution in [0, 0.1) is 23.2 Å². The van der Waals surface area contributed by atoms with Crippen LogP contribution in [0.3, 0.4) is 0 Å². The Hall–Kier alpha value is -2.00. The molecule has 2 N–H and O–H groups in total. The first-order valence-corrected chi connectivity index (χ1v) is 15.6. The van der Waals surface area contributed by atoms with Crippen molar-refractivity contribution < 1.29 is 21.6 Å².